The lowest BCUT2D eigenvalue weighted by Crippen LogP contribution is -1.99. The van der Waals surface area contributed by atoms with Crippen LogP contribution in [0.2, 0.25) is 0 Å². The van der Waals surface area contributed by atoms with Crippen LogP contribution in [0, 0.1) is 6.92 Å². The predicted molar refractivity (Wildman–Crippen MR) is 76.6 cm³/mol. The number of hydrogen-bond acceptors (Lipinski definition) is 2. The van der Waals surface area contributed by atoms with E-state index < -0.39 is 5.97 Å². The zero-order valence-electron chi connectivity index (χ0n) is 10.3. The number of carbonyl (C=O) groups is 1. The Hall–Kier alpha value is -2.13. The number of carboxylic acid groups (broad SMARTS) is 1. The van der Waals surface area contributed by atoms with Gasteiger partial charge in [-0.1, -0.05) is 48.0 Å². The second-order valence-electron chi connectivity index (χ2n) is 4.02. The van der Waals surface area contributed by atoms with Crippen LogP contribution in [-0.2, 0) is 0 Å². The summed E-state index contributed by atoms with van der Waals surface area (Å²) in [5, 5.41) is 9.40. The normalized spacial score (nSPS) is 11.4. The van der Waals surface area contributed by atoms with Gasteiger partial charge in [0.1, 0.15) is 5.17 Å². The minimum absolute atomic E-state index is 0.235. The second-order valence-corrected chi connectivity index (χ2v) is 4.38. The first-order chi connectivity index (χ1) is 9.09. The molecule has 0 saturated carbocycles. The van der Waals surface area contributed by atoms with Crippen molar-refractivity contribution in [3.63, 3.8) is 0 Å². The van der Waals surface area contributed by atoms with Gasteiger partial charge in [0, 0.05) is 5.56 Å². The van der Waals surface area contributed by atoms with E-state index in [1.807, 2.05) is 30.3 Å². The number of hydrogen-bond donors (Lipinski definition) is 1. The highest BCUT2D eigenvalue weighted by Gasteiger charge is 2.10. The SMILES string of the molecule is Cc1c(N=C(Cl)c2ccccc2)cccc1C(=O)O. The van der Waals surface area contributed by atoms with Gasteiger partial charge in [0.25, 0.3) is 0 Å². The van der Waals surface area contributed by atoms with Crippen LogP contribution < -0.4 is 0 Å². The van der Waals surface area contributed by atoms with Crippen LogP contribution in [0.15, 0.2) is 53.5 Å². The molecule has 0 aliphatic carbocycles. The van der Waals surface area contributed by atoms with Gasteiger partial charge in [-0.05, 0) is 24.6 Å². The topological polar surface area (TPSA) is 49.7 Å². The van der Waals surface area contributed by atoms with Crippen LogP contribution in [0.5, 0.6) is 0 Å². The maximum Gasteiger partial charge on any atom is 0.336 e. The lowest BCUT2D eigenvalue weighted by Gasteiger charge is -2.05. The number of benzene rings is 2. The smallest absolute Gasteiger partial charge is 0.336 e. The monoisotopic (exact) mass is 273 g/mol. The molecule has 2 aromatic carbocycles. The van der Waals surface area contributed by atoms with E-state index >= 15 is 0 Å². The van der Waals surface area contributed by atoms with Gasteiger partial charge >= 0.3 is 5.97 Å². The largest absolute Gasteiger partial charge is 0.478 e. The van der Waals surface area contributed by atoms with E-state index in [9.17, 15) is 4.79 Å². The molecule has 0 bridgehead atoms. The lowest BCUT2D eigenvalue weighted by molar-refractivity contribution is 0.0696. The Labute approximate surface area is 116 Å². The minimum Gasteiger partial charge on any atom is -0.478 e. The summed E-state index contributed by atoms with van der Waals surface area (Å²) in [6.45, 7) is 1.72. The highest BCUT2D eigenvalue weighted by atomic mass is 35.5. The van der Waals surface area contributed by atoms with Gasteiger partial charge in [0.15, 0.2) is 0 Å². The van der Waals surface area contributed by atoms with Crippen molar-refractivity contribution in [2.75, 3.05) is 0 Å². The Morgan fingerprint density at radius 3 is 2.42 bits per heavy atom. The fourth-order valence-electron chi connectivity index (χ4n) is 1.72. The van der Waals surface area contributed by atoms with E-state index in [-0.39, 0.29) is 5.56 Å². The molecule has 0 radical (unpaired) electrons. The molecular weight excluding hydrogens is 262 g/mol. The van der Waals surface area contributed by atoms with Crippen molar-refractivity contribution in [2.45, 2.75) is 6.92 Å². The molecule has 0 aromatic heterocycles. The Kier molecular flexibility index (Phi) is 3.97. The van der Waals surface area contributed by atoms with Crippen molar-refractivity contribution in [3.05, 3.63) is 65.2 Å². The first-order valence-corrected chi connectivity index (χ1v) is 6.10. The molecule has 0 aliphatic rings. The Balaban J connectivity index is 2.44. The van der Waals surface area contributed by atoms with Gasteiger partial charge in [-0.2, -0.15) is 0 Å². The van der Waals surface area contributed by atoms with E-state index in [0.29, 0.717) is 16.4 Å². The van der Waals surface area contributed by atoms with Gasteiger partial charge in [-0.3, -0.25) is 0 Å². The van der Waals surface area contributed by atoms with Crippen molar-refractivity contribution >= 4 is 28.4 Å². The molecule has 0 unspecified atom stereocenters. The van der Waals surface area contributed by atoms with E-state index in [1.165, 1.54) is 0 Å². The fourth-order valence-corrected chi connectivity index (χ4v) is 1.94. The lowest BCUT2D eigenvalue weighted by atomic mass is 10.1. The van der Waals surface area contributed by atoms with E-state index in [2.05, 4.69) is 4.99 Å². The molecule has 2 aromatic rings. The second kappa shape index (κ2) is 5.67. The highest BCUT2D eigenvalue weighted by Crippen LogP contribution is 2.23. The number of rotatable bonds is 3. The number of aliphatic imine (C=N–C) groups is 1. The van der Waals surface area contributed by atoms with Gasteiger partial charge in [-0.25, -0.2) is 9.79 Å². The molecule has 96 valence electrons. The molecule has 3 nitrogen and oxygen atoms in total. The third-order valence-electron chi connectivity index (χ3n) is 2.77. The Morgan fingerprint density at radius 1 is 1.11 bits per heavy atom. The predicted octanol–water partition coefficient (Wildman–Crippen LogP) is 4.01. The van der Waals surface area contributed by atoms with Crippen molar-refractivity contribution in [1.29, 1.82) is 0 Å². The van der Waals surface area contributed by atoms with Gasteiger partial charge in [0.2, 0.25) is 0 Å². The summed E-state index contributed by atoms with van der Waals surface area (Å²) in [6, 6.07) is 14.3. The van der Waals surface area contributed by atoms with Crippen molar-refractivity contribution in [2.24, 2.45) is 4.99 Å². The van der Waals surface area contributed by atoms with Crippen molar-refractivity contribution in [1.82, 2.24) is 0 Å². The van der Waals surface area contributed by atoms with Crippen molar-refractivity contribution in [3.8, 4) is 0 Å². The van der Waals surface area contributed by atoms with Crippen LogP contribution in [0.1, 0.15) is 21.5 Å². The van der Waals surface area contributed by atoms with E-state index in [1.54, 1.807) is 25.1 Å². The molecule has 0 spiro atoms. The minimum atomic E-state index is -0.967. The molecule has 0 atom stereocenters. The molecule has 4 heteroatoms. The van der Waals surface area contributed by atoms with Crippen LogP contribution in [0.3, 0.4) is 0 Å². The fraction of sp³-hybridized carbons (Fsp3) is 0.0667. The molecule has 0 fully saturated rings. The van der Waals surface area contributed by atoms with Gasteiger partial charge in [-0.15, -0.1) is 0 Å². The molecule has 1 N–H and O–H groups in total. The first-order valence-electron chi connectivity index (χ1n) is 5.72. The van der Waals surface area contributed by atoms with Crippen LogP contribution in [0.25, 0.3) is 0 Å². The summed E-state index contributed by atoms with van der Waals surface area (Å²) < 4.78 is 0. The molecule has 0 heterocycles. The van der Waals surface area contributed by atoms with Crippen molar-refractivity contribution < 1.29 is 9.90 Å². The Bertz CT molecular complexity index is 636. The van der Waals surface area contributed by atoms with Crippen LogP contribution >= 0.6 is 11.6 Å². The zero-order chi connectivity index (χ0) is 13.8. The van der Waals surface area contributed by atoms with Gasteiger partial charge in [0.05, 0.1) is 11.3 Å². The summed E-state index contributed by atoms with van der Waals surface area (Å²) in [4.78, 5) is 15.3. The molecular formula is C15H12ClNO2. The third kappa shape index (κ3) is 3.01. The third-order valence-corrected chi connectivity index (χ3v) is 3.07. The summed E-state index contributed by atoms with van der Waals surface area (Å²) in [5.41, 5.74) is 2.20. The number of aromatic carboxylic acids is 1. The van der Waals surface area contributed by atoms with Gasteiger partial charge < -0.3 is 5.11 Å². The maximum absolute atomic E-state index is 11.0. The van der Waals surface area contributed by atoms with Crippen LogP contribution in [0.4, 0.5) is 5.69 Å². The molecule has 19 heavy (non-hydrogen) atoms. The Morgan fingerprint density at radius 2 is 1.79 bits per heavy atom. The summed E-state index contributed by atoms with van der Waals surface area (Å²) in [5.74, 6) is -0.967. The molecule has 0 amide bonds. The summed E-state index contributed by atoms with van der Waals surface area (Å²) in [6.07, 6.45) is 0. The number of carboxylic acids is 1. The zero-order valence-corrected chi connectivity index (χ0v) is 11.1. The molecule has 2 rings (SSSR count). The maximum atomic E-state index is 11.0. The van der Waals surface area contributed by atoms with E-state index in [0.717, 1.165) is 5.56 Å². The summed E-state index contributed by atoms with van der Waals surface area (Å²) in [7, 11) is 0. The van der Waals surface area contributed by atoms with Crippen LogP contribution in [-0.4, -0.2) is 16.2 Å². The summed E-state index contributed by atoms with van der Waals surface area (Å²) >= 11 is 6.15. The number of nitrogens with zero attached hydrogens (tertiary/aromatic N) is 1. The first kappa shape index (κ1) is 13.3. The average molecular weight is 274 g/mol. The standard InChI is InChI=1S/C15H12ClNO2/c1-10-12(15(18)19)8-5-9-13(10)17-14(16)11-6-3-2-4-7-11/h2-9H,1H3,(H,18,19). The van der Waals surface area contributed by atoms with E-state index in [4.69, 9.17) is 16.7 Å². The molecule has 0 saturated heterocycles. The average Bonchev–Trinajstić information content (AvgIpc) is 2.41. The quantitative estimate of drug-likeness (QED) is 0.859. The molecule has 0 aliphatic heterocycles. The number of halogens is 1. The highest BCUT2D eigenvalue weighted by molar-refractivity contribution is 6.69.